The maximum absolute atomic E-state index is 13.6. The van der Waals surface area contributed by atoms with Crippen LogP contribution in [0.2, 0.25) is 0 Å². The SMILES string of the molecule is COc1cc2cc3c(c(OC(C)=O)c2c2c1C(=O)CC(C)O2)C(=O)[C@@H]1[C@H]3[C@@H]2C=C[C@H]1C2. The molecule has 1 unspecified atom stereocenters. The van der Waals surface area contributed by atoms with E-state index in [1.54, 1.807) is 6.07 Å². The van der Waals surface area contributed by atoms with E-state index < -0.39 is 5.97 Å². The monoisotopic (exact) mass is 418 g/mol. The molecule has 6 heteroatoms. The number of fused-ring (bicyclic) bond motifs is 10. The first-order valence-electron chi connectivity index (χ1n) is 10.7. The molecule has 4 aliphatic rings. The molecule has 31 heavy (non-hydrogen) atoms. The smallest absolute Gasteiger partial charge is 0.308 e. The second-order valence-corrected chi connectivity index (χ2v) is 9.06. The lowest BCUT2D eigenvalue weighted by Crippen LogP contribution is -2.25. The molecule has 0 aromatic heterocycles. The first-order valence-corrected chi connectivity index (χ1v) is 10.7. The highest BCUT2D eigenvalue weighted by Crippen LogP contribution is 2.61. The summed E-state index contributed by atoms with van der Waals surface area (Å²) in [6, 6.07) is 3.80. The van der Waals surface area contributed by atoms with Crippen LogP contribution in [0.3, 0.4) is 0 Å². The van der Waals surface area contributed by atoms with Gasteiger partial charge >= 0.3 is 5.97 Å². The van der Waals surface area contributed by atoms with Gasteiger partial charge in [-0.2, -0.15) is 0 Å². The Bertz CT molecular complexity index is 1240. The highest BCUT2D eigenvalue weighted by Gasteiger charge is 2.55. The lowest BCUT2D eigenvalue weighted by molar-refractivity contribution is -0.131. The van der Waals surface area contributed by atoms with Crippen molar-refractivity contribution in [1.82, 2.24) is 0 Å². The zero-order valence-corrected chi connectivity index (χ0v) is 17.6. The minimum atomic E-state index is -0.514. The molecule has 5 atom stereocenters. The molecule has 1 saturated carbocycles. The van der Waals surface area contributed by atoms with Crippen LogP contribution in [-0.4, -0.2) is 30.7 Å². The molecular weight excluding hydrogens is 396 g/mol. The number of methoxy groups -OCH3 is 1. The summed E-state index contributed by atoms with van der Waals surface area (Å²) in [4.78, 5) is 38.5. The Labute approximate surface area is 179 Å². The standard InChI is InChI=1S/C25H22O6/c1-10-6-16(27)22-17(29-3)9-14-8-15-18-12-4-5-13(7-12)19(18)23(28)21(15)24(31-11(2)26)20(14)25(22)30-10/h4-5,8-10,12-13,18-19H,6-7H2,1-3H3/t10?,12-,13+,18+,19+/m1/s1. The van der Waals surface area contributed by atoms with Crippen LogP contribution in [-0.2, 0) is 4.79 Å². The van der Waals surface area contributed by atoms with E-state index in [0.717, 1.165) is 17.4 Å². The molecule has 6 nitrogen and oxygen atoms in total. The molecule has 6 rings (SSSR count). The summed E-state index contributed by atoms with van der Waals surface area (Å²) < 4.78 is 17.3. The molecule has 0 spiro atoms. The van der Waals surface area contributed by atoms with Crippen LogP contribution in [0.1, 0.15) is 58.9 Å². The van der Waals surface area contributed by atoms with Crippen molar-refractivity contribution < 1.29 is 28.6 Å². The van der Waals surface area contributed by atoms with Crippen molar-refractivity contribution in [2.24, 2.45) is 17.8 Å². The number of carbonyl (C=O) groups is 3. The quantitative estimate of drug-likeness (QED) is 0.413. The predicted octanol–water partition coefficient (Wildman–Crippen LogP) is 4.23. The Morgan fingerprint density at radius 3 is 2.55 bits per heavy atom. The van der Waals surface area contributed by atoms with Gasteiger partial charge in [-0.25, -0.2) is 0 Å². The van der Waals surface area contributed by atoms with Crippen LogP contribution in [0.4, 0.5) is 0 Å². The normalized spacial score (nSPS) is 29.6. The molecule has 2 aromatic carbocycles. The molecule has 1 heterocycles. The van der Waals surface area contributed by atoms with E-state index in [-0.39, 0.29) is 47.6 Å². The van der Waals surface area contributed by atoms with Crippen molar-refractivity contribution in [3.63, 3.8) is 0 Å². The van der Waals surface area contributed by atoms with Gasteiger partial charge in [0.05, 0.1) is 18.1 Å². The van der Waals surface area contributed by atoms with E-state index in [1.807, 2.05) is 13.0 Å². The second-order valence-electron chi connectivity index (χ2n) is 9.06. The van der Waals surface area contributed by atoms with Gasteiger partial charge in [-0.3, -0.25) is 14.4 Å². The van der Waals surface area contributed by atoms with E-state index in [4.69, 9.17) is 14.2 Å². The predicted molar refractivity (Wildman–Crippen MR) is 112 cm³/mol. The molecule has 158 valence electrons. The molecule has 1 aliphatic heterocycles. The van der Waals surface area contributed by atoms with Crippen LogP contribution in [0, 0.1) is 17.8 Å². The summed E-state index contributed by atoms with van der Waals surface area (Å²) in [6.45, 7) is 3.14. The number of hydrogen-bond acceptors (Lipinski definition) is 6. The zero-order valence-electron chi connectivity index (χ0n) is 17.6. The topological polar surface area (TPSA) is 78.9 Å². The van der Waals surface area contributed by atoms with Crippen LogP contribution < -0.4 is 14.2 Å². The summed E-state index contributed by atoms with van der Waals surface area (Å²) in [6.07, 6.45) is 5.25. The number of Topliss-reactive ketones (excluding diaryl/α,β-unsaturated/α-hetero) is 2. The third kappa shape index (κ3) is 2.36. The highest BCUT2D eigenvalue weighted by molar-refractivity contribution is 6.16. The van der Waals surface area contributed by atoms with Gasteiger partial charge in [0, 0.05) is 25.2 Å². The Balaban J connectivity index is 1.71. The third-order valence-electron chi connectivity index (χ3n) is 7.23. The van der Waals surface area contributed by atoms with Gasteiger partial charge in [0.1, 0.15) is 23.2 Å². The van der Waals surface area contributed by atoms with Gasteiger partial charge in [0.25, 0.3) is 0 Å². The van der Waals surface area contributed by atoms with E-state index in [9.17, 15) is 14.4 Å². The number of ketones is 2. The van der Waals surface area contributed by atoms with Crippen molar-refractivity contribution in [3.8, 4) is 17.2 Å². The largest absolute Gasteiger partial charge is 0.496 e. The van der Waals surface area contributed by atoms with Gasteiger partial charge in [-0.1, -0.05) is 12.2 Å². The van der Waals surface area contributed by atoms with Crippen LogP contribution >= 0.6 is 0 Å². The van der Waals surface area contributed by atoms with Crippen molar-refractivity contribution >= 4 is 28.3 Å². The number of rotatable bonds is 2. The van der Waals surface area contributed by atoms with Crippen molar-refractivity contribution in [1.29, 1.82) is 0 Å². The summed E-state index contributed by atoms with van der Waals surface area (Å²) in [5, 5.41) is 1.24. The van der Waals surface area contributed by atoms with Crippen LogP contribution in [0.5, 0.6) is 17.2 Å². The summed E-state index contributed by atoms with van der Waals surface area (Å²) in [5.41, 5.74) is 1.74. The van der Waals surface area contributed by atoms with Gasteiger partial charge in [0.2, 0.25) is 0 Å². The Morgan fingerprint density at radius 2 is 1.84 bits per heavy atom. The number of hydrogen-bond donors (Lipinski definition) is 0. The van der Waals surface area contributed by atoms with Crippen molar-refractivity contribution in [3.05, 3.63) is 41.0 Å². The van der Waals surface area contributed by atoms with Gasteiger partial charge in [-0.15, -0.1) is 0 Å². The Morgan fingerprint density at radius 1 is 1.10 bits per heavy atom. The average Bonchev–Trinajstić information content (AvgIpc) is 3.39. The Hall–Kier alpha value is -3.15. The van der Waals surface area contributed by atoms with E-state index in [0.29, 0.717) is 33.9 Å². The third-order valence-corrected chi connectivity index (χ3v) is 7.23. The molecule has 0 amide bonds. The molecule has 0 saturated heterocycles. The van der Waals surface area contributed by atoms with Crippen molar-refractivity contribution in [2.75, 3.05) is 7.11 Å². The fourth-order valence-corrected chi connectivity index (χ4v) is 6.18. The molecule has 2 bridgehead atoms. The lowest BCUT2D eigenvalue weighted by atomic mass is 9.83. The van der Waals surface area contributed by atoms with E-state index >= 15 is 0 Å². The summed E-state index contributed by atoms with van der Waals surface area (Å²) >= 11 is 0. The lowest BCUT2D eigenvalue weighted by Gasteiger charge is -2.27. The fourth-order valence-electron chi connectivity index (χ4n) is 6.18. The number of allylic oxidation sites excluding steroid dienone is 2. The van der Waals surface area contributed by atoms with E-state index in [1.165, 1.54) is 14.0 Å². The van der Waals surface area contributed by atoms with Crippen molar-refractivity contribution in [2.45, 2.75) is 38.7 Å². The van der Waals surface area contributed by atoms with Gasteiger partial charge in [0.15, 0.2) is 17.3 Å². The molecule has 0 radical (unpaired) electrons. The summed E-state index contributed by atoms with van der Waals surface area (Å²) in [7, 11) is 1.52. The highest BCUT2D eigenvalue weighted by atomic mass is 16.5. The number of ether oxygens (including phenoxy) is 3. The fraction of sp³-hybridized carbons (Fsp3) is 0.400. The number of carbonyl (C=O) groups excluding carboxylic acids is 3. The Kier molecular flexibility index (Phi) is 3.71. The number of benzene rings is 2. The van der Waals surface area contributed by atoms with Crippen LogP contribution in [0.15, 0.2) is 24.3 Å². The van der Waals surface area contributed by atoms with E-state index in [2.05, 4.69) is 12.2 Å². The minimum absolute atomic E-state index is 0.0229. The maximum Gasteiger partial charge on any atom is 0.308 e. The molecule has 0 N–H and O–H groups in total. The average molecular weight is 418 g/mol. The first-order chi connectivity index (χ1) is 14.9. The molecule has 1 fully saturated rings. The molecule has 2 aromatic rings. The van der Waals surface area contributed by atoms with Gasteiger partial charge in [-0.05, 0) is 48.3 Å². The zero-order chi connectivity index (χ0) is 21.6. The maximum atomic E-state index is 13.6. The molecule has 3 aliphatic carbocycles. The number of esters is 1. The van der Waals surface area contributed by atoms with Crippen LogP contribution in [0.25, 0.3) is 10.8 Å². The second kappa shape index (κ2) is 6.19. The minimum Gasteiger partial charge on any atom is -0.496 e. The van der Waals surface area contributed by atoms with Gasteiger partial charge < -0.3 is 14.2 Å². The summed E-state index contributed by atoms with van der Waals surface area (Å²) in [5.74, 6) is 0.937. The first kappa shape index (κ1) is 18.6. The molecular formula is C25H22O6.